The third-order valence-corrected chi connectivity index (χ3v) is 3.76. The Morgan fingerprint density at radius 3 is 2.41 bits per heavy atom. The van der Waals surface area contributed by atoms with Crippen LogP contribution in [0.2, 0.25) is 0 Å². The Kier molecular flexibility index (Phi) is 5.96. The monoisotopic (exact) mass is 241 g/mol. The van der Waals surface area contributed by atoms with E-state index in [1.807, 2.05) is 0 Å². The number of rotatable bonds is 5. The molecular weight excluding hydrogens is 214 g/mol. The Morgan fingerprint density at radius 1 is 1.29 bits per heavy atom. The van der Waals surface area contributed by atoms with Crippen molar-refractivity contribution in [3.05, 3.63) is 0 Å². The van der Waals surface area contributed by atoms with Crippen molar-refractivity contribution in [2.45, 2.75) is 40.5 Å². The fourth-order valence-corrected chi connectivity index (χ4v) is 2.55. The van der Waals surface area contributed by atoms with Crippen molar-refractivity contribution < 1.29 is 9.53 Å². The summed E-state index contributed by atoms with van der Waals surface area (Å²) in [7, 11) is 0. The maximum absolute atomic E-state index is 12.0. The van der Waals surface area contributed by atoms with E-state index in [9.17, 15) is 4.79 Å². The first kappa shape index (κ1) is 14.5. The third kappa shape index (κ3) is 4.66. The zero-order valence-electron chi connectivity index (χ0n) is 11.7. The molecule has 1 rings (SSSR count). The smallest absolute Gasteiger partial charge is 0.225 e. The number of hydrogen-bond donors (Lipinski definition) is 1. The predicted molar refractivity (Wildman–Crippen MR) is 69.7 cm³/mol. The van der Waals surface area contributed by atoms with Crippen LogP contribution in [0, 0.1) is 23.7 Å². The number of hydrogen-bond acceptors (Lipinski definition) is 2. The van der Waals surface area contributed by atoms with E-state index in [0.717, 1.165) is 26.0 Å². The molecule has 0 spiro atoms. The van der Waals surface area contributed by atoms with Crippen molar-refractivity contribution in [3.63, 3.8) is 0 Å². The van der Waals surface area contributed by atoms with E-state index in [0.29, 0.717) is 24.4 Å². The number of carbonyl (C=O) groups excluding carboxylic acids is 1. The van der Waals surface area contributed by atoms with E-state index in [2.05, 4.69) is 33.0 Å². The first-order valence-electron chi connectivity index (χ1n) is 6.87. The first-order chi connectivity index (χ1) is 8.02. The number of ether oxygens (including phenoxy) is 1. The van der Waals surface area contributed by atoms with Crippen LogP contribution in [0.5, 0.6) is 0 Å². The molecule has 1 fully saturated rings. The molecule has 1 N–H and O–H groups in total. The SMILES string of the molecule is CC(C)C(CNC(=O)C1CCCOC1)C(C)C. The maximum atomic E-state index is 12.0. The fourth-order valence-electron chi connectivity index (χ4n) is 2.55. The van der Waals surface area contributed by atoms with Crippen LogP contribution in [0.3, 0.4) is 0 Å². The highest BCUT2D eigenvalue weighted by Gasteiger charge is 2.24. The molecule has 0 aliphatic carbocycles. The molecule has 1 heterocycles. The van der Waals surface area contributed by atoms with Gasteiger partial charge in [0.05, 0.1) is 12.5 Å². The first-order valence-corrected chi connectivity index (χ1v) is 6.87. The summed E-state index contributed by atoms with van der Waals surface area (Å²) in [5.41, 5.74) is 0. The molecule has 0 bridgehead atoms. The number of carbonyl (C=O) groups is 1. The second-order valence-electron chi connectivity index (χ2n) is 5.81. The molecule has 1 aliphatic heterocycles. The van der Waals surface area contributed by atoms with Gasteiger partial charge in [0.2, 0.25) is 5.91 Å². The number of amides is 1. The highest BCUT2D eigenvalue weighted by Crippen LogP contribution is 2.20. The second-order valence-corrected chi connectivity index (χ2v) is 5.81. The summed E-state index contributed by atoms with van der Waals surface area (Å²) in [5, 5.41) is 3.10. The minimum Gasteiger partial charge on any atom is -0.381 e. The van der Waals surface area contributed by atoms with Gasteiger partial charge in [-0.1, -0.05) is 27.7 Å². The minimum absolute atomic E-state index is 0.0729. The van der Waals surface area contributed by atoms with Gasteiger partial charge in [0.25, 0.3) is 0 Å². The van der Waals surface area contributed by atoms with Crippen molar-refractivity contribution in [2.75, 3.05) is 19.8 Å². The van der Waals surface area contributed by atoms with Crippen molar-refractivity contribution in [1.82, 2.24) is 5.32 Å². The molecular formula is C14H27NO2. The quantitative estimate of drug-likeness (QED) is 0.803. The lowest BCUT2D eigenvalue weighted by molar-refractivity contribution is -0.129. The van der Waals surface area contributed by atoms with Crippen LogP contribution in [0.4, 0.5) is 0 Å². The Labute approximate surface area is 105 Å². The van der Waals surface area contributed by atoms with E-state index >= 15 is 0 Å². The molecule has 1 unspecified atom stereocenters. The molecule has 3 nitrogen and oxygen atoms in total. The minimum atomic E-state index is 0.0729. The van der Waals surface area contributed by atoms with Gasteiger partial charge >= 0.3 is 0 Å². The molecule has 1 atom stereocenters. The van der Waals surface area contributed by atoms with Gasteiger partial charge in [0, 0.05) is 13.2 Å². The lowest BCUT2D eigenvalue weighted by Gasteiger charge is -2.27. The van der Waals surface area contributed by atoms with Gasteiger partial charge in [0.1, 0.15) is 0 Å². The van der Waals surface area contributed by atoms with Gasteiger partial charge < -0.3 is 10.1 Å². The summed E-state index contributed by atoms with van der Waals surface area (Å²) in [6, 6.07) is 0. The zero-order chi connectivity index (χ0) is 12.8. The van der Waals surface area contributed by atoms with Crippen LogP contribution in [0.15, 0.2) is 0 Å². The van der Waals surface area contributed by atoms with Crippen LogP contribution in [0.25, 0.3) is 0 Å². The van der Waals surface area contributed by atoms with Crippen LogP contribution >= 0.6 is 0 Å². The predicted octanol–water partition coefficient (Wildman–Crippen LogP) is 2.46. The fraction of sp³-hybridized carbons (Fsp3) is 0.929. The molecule has 0 saturated carbocycles. The highest BCUT2D eigenvalue weighted by molar-refractivity contribution is 5.78. The van der Waals surface area contributed by atoms with Gasteiger partial charge in [-0.2, -0.15) is 0 Å². The standard InChI is InChI=1S/C14H27NO2/c1-10(2)13(11(3)4)8-15-14(16)12-6-5-7-17-9-12/h10-13H,5-9H2,1-4H3,(H,15,16). The lowest BCUT2D eigenvalue weighted by Crippen LogP contribution is -2.40. The molecule has 0 aromatic carbocycles. The highest BCUT2D eigenvalue weighted by atomic mass is 16.5. The van der Waals surface area contributed by atoms with Gasteiger partial charge in [-0.3, -0.25) is 4.79 Å². The van der Waals surface area contributed by atoms with Gasteiger partial charge in [-0.15, -0.1) is 0 Å². The van der Waals surface area contributed by atoms with Crippen molar-refractivity contribution in [2.24, 2.45) is 23.7 Å². The Morgan fingerprint density at radius 2 is 1.94 bits per heavy atom. The molecule has 3 heteroatoms. The topological polar surface area (TPSA) is 38.3 Å². The van der Waals surface area contributed by atoms with Crippen LogP contribution < -0.4 is 5.32 Å². The van der Waals surface area contributed by atoms with Gasteiger partial charge in [0.15, 0.2) is 0 Å². The lowest BCUT2D eigenvalue weighted by atomic mass is 9.85. The normalized spacial score (nSPS) is 21.2. The van der Waals surface area contributed by atoms with Crippen LogP contribution in [-0.2, 0) is 9.53 Å². The summed E-state index contributed by atoms with van der Waals surface area (Å²) < 4.78 is 5.34. The van der Waals surface area contributed by atoms with Crippen molar-refractivity contribution >= 4 is 5.91 Å². The summed E-state index contributed by atoms with van der Waals surface area (Å²) in [6.07, 6.45) is 1.98. The number of nitrogens with one attached hydrogen (secondary N) is 1. The summed E-state index contributed by atoms with van der Waals surface area (Å²) in [6.45, 7) is 11.1. The molecule has 1 saturated heterocycles. The van der Waals surface area contributed by atoms with Crippen molar-refractivity contribution in [1.29, 1.82) is 0 Å². The molecule has 0 aromatic heterocycles. The van der Waals surface area contributed by atoms with Crippen LogP contribution in [-0.4, -0.2) is 25.7 Å². The van der Waals surface area contributed by atoms with E-state index in [4.69, 9.17) is 4.74 Å². The van der Waals surface area contributed by atoms with Gasteiger partial charge in [-0.05, 0) is 30.6 Å². The maximum Gasteiger partial charge on any atom is 0.225 e. The van der Waals surface area contributed by atoms with E-state index in [1.54, 1.807) is 0 Å². The molecule has 100 valence electrons. The summed E-state index contributed by atoms with van der Waals surface area (Å²) in [5.74, 6) is 2.03. The van der Waals surface area contributed by atoms with Crippen LogP contribution in [0.1, 0.15) is 40.5 Å². The molecule has 0 aromatic rings. The summed E-state index contributed by atoms with van der Waals surface area (Å²) in [4.78, 5) is 12.0. The van der Waals surface area contributed by atoms with Gasteiger partial charge in [-0.25, -0.2) is 0 Å². The molecule has 17 heavy (non-hydrogen) atoms. The Balaban J connectivity index is 2.35. The van der Waals surface area contributed by atoms with Crippen molar-refractivity contribution in [3.8, 4) is 0 Å². The van der Waals surface area contributed by atoms with E-state index in [-0.39, 0.29) is 11.8 Å². The average Bonchev–Trinajstić information content (AvgIpc) is 2.29. The summed E-state index contributed by atoms with van der Waals surface area (Å²) >= 11 is 0. The average molecular weight is 241 g/mol. The largest absolute Gasteiger partial charge is 0.381 e. The Bertz CT molecular complexity index is 224. The molecule has 0 radical (unpaired) electrons. The molecule has 1 amide bonds. The molecule has 1 aliphatic rings. The second kappa shape index (κ2) is 7.00. The third-order valence-electron chi connectivity index (χ3n) is 3.76. The zero-order valence-corrected chi connectivity index (χ0v) is 11.7. The van der Waals surface area contributed by atoms with E-state index in [1.165, 1.54) is 0 Å². The van der Waals surface area contributed by atoms with E-state index < -0.39 is 0 Å². The Hall–Kier alpha value is -0.570.